The average molecular weight is 308 g/mol. The number of amides is 1. The normalized spacial score (nSPS) is 13.4. The van der Waals surface area contributed by atoms with Crippen molar-refractivity contribution in [3.8, 4) is 0 Å². The van der Waals surface area contributed by atoms with E-state index in [9.17, 15) is 4.79 Å². The molecule has 2 aromatic rings. The number of halogens is 1. The van der Waals surface area contributed by atoms with Crippen LogP contribution in [0.2, 0.25) is 4.47 Å². The number of carbonyl (C=O) groups is 1. The third-order valence-corrected chi connectivity index (χ3v) is 4.46. The second-order valence-electron chi connectivity index (χ2n) is 4.70. The summed E-state index contributed by atoms with van der Waals surface area (Å²) >= 11 is 7.28. The summed E-state index contributed by atoms with van der Waals surface area (Å²) in [5, 5.41) is 3.36. The van der Waals surface area contributed by atoms with Crippen molar-refractivity contribution in [3.05, 3.63) is 39.3 Å². The number of nitrogens with zero attached hydrogens (tertiary/aromatic N) is 2. The van der Waals surface area contributed by atoms with Crippen molar-refractivity contribution < 1.29 is 4.79 Å². The Labute approximate surface area is 126 Å². The molecule has 1 aromatic heterocycles. The highest BCUT2D eigenvalue weighted by atomic mass is 35.5. The predicted octanol–water partition coefficient (Wildman–Crippen LogP) is 3.32. The van der Waals surface area contributed by atoms with Crippen LogP contribution >= 0.6 is 22.9 Å². The molecule has 1 aliphatic rings. The lowest BCUT2D eigenvalue weighted by Gasteiger charge is -2.15. The second-order valence-corrected chi connectivity index (χ2v) is 6.39. The lowest BCUT2D eigenvalue weighted by Crippen LogP contribution is -2.25. The van der Waals surface area contributed by atoms with E-state index in [0.29, 0.717) is 11.0 Å². The number of hydrogen-bond acceptors (Lipinski definition) is 4. The quantitative estimate of drug-likeness (QED) is 0.946. The molecule has 2 heterocycles. The highest BCUT2D eigenvalue weighted by Gasteiger charge is 2.21. The van der Waals surface area contributed by atoms with Crippen LogP contribution in [0.4, 0.5) is 11.4 Å². The summed E-state index contributed by atoms with van der Waals surface area (Å²) in [5.41, 5.74) is 3.30. The van der Waals surface area contributed by atoms with Gasteiger partial charge >= 0.3 is 0 Å². The third-order valence-electron chi connectivity index (χ3n) is 3.35. The van der Waals surface area contributed by atoms with E-state index in [1.54, 1.807) is 13.1 Å². The van der Waals surface area contributed by atoms with Gasteiger partial charge < -0.3 is 10.2 Å². The zero-order valence-electron chi connectivity index (χ0n) is 11.0. The van der Waals surface area contributed by atoms with E-state index in [2.05, 4.69) is 16.4 Å². The molecule has 1 N–H and O–H groups in total. The van der Waals surface area contributed by atoms with Crippen molar-refractivity contribution in [3.63, 3.8) is 0 Å². The topological polar surface area (TPSA) is 45.2 Å². The number of nitrogens with one attached hydrogen (secondary N) is 1. The number of benzene rings is 1. The first-order valence-corrected chi connectivity index (χ1v) is 7.58. The molecular weight excluding hydrogens is 294 g/mol. The van der Waals surface area contributed by atoms with Crippen LogP contribution in [0, 0.1) is 0 Å². The Morgan fingerprint density at radius 3 is 3.10 bits per heavy atom. The number of fused-ring (bicyclic) bond motifs is 1. The molecule has 20 heavy (non-hydrogen) atoms. The molecule has 0 spiro atoms. The van der Waals surface area contributed by atoms with Crippen molar-refractivity contribution in [2.45, 2.75) is 19.9 Å². The molecule has 3 rings (SSSR count). The van der Waals surface area contributed by atoms with Crippen LogP contribution in [-0.4, -0.2) is 17.4 Å². The zero-order chi connectivity index (χ0) is 14.1. The van der Waals surface area contributed by atoms with Crippen molar-refractivity contribution in [1.29, 1.82) is 0 Å². The second kappa shape index (κ2) is 5.42. The van der Waals surface area contributed by atoms with Crippen LogP contribution in [-0.2, 0) is 17.8 Å². The number of hydrogen-bond donors (Lipinski definition) is 1. The van der Waals surface area contributed by atoms with Crippen LogP contribution in [0.1, 0.15) is 17.4 Å². The van der Waals surface area contributed by atoms with Crippen molar-refractivity contribution in [2.24, 2.45) is 0 Å². The first-order valence-electron chi connectivity index (χ1n) is 6.38. The monoisotopic (exact) mass is 307 g/mol. The molecular formula is C14H14ClN3OS. The summed E-state index contributed by atoms with van der Waals surface area (Å²) in [6.07, 6.45) is 2.70. The number of thiazole rings is 1. The molecule has 0 fully saturated rings. The first-order chi connectivity index (χ1) is 9.63. The minimum atomic E-state index is 0.101. The maximum Gasteiger partial charge on any atom is 0.223 e. The SMILES string of the molecule is CC(=O)N1CCc2cc(NCc3cnc(Cl)s3)ccc21. The van der Waals surface area contributed by atoms with E-state index < -0.39 is 0 Å². The zero-order valence-corrected chi connectivity index (χ0v) is 12.6. The molecule has 0 bridgehead atoms. The predicted molar refractivity (Wildman–Crippen MR) is 82.6 cm³/mol. The molecule has 104 valence electrons. The van der Waals surface area contributed by atoms with Gasteiger partial charge in [0.05, 0.1) is 6.54 Å². The minimum absolute atomic E-state index is 0.101. The van der Waals surface area contributed by atoms with Gasteiger partial charge in [-0.25, -0.2) is 4.98 Å². The van der Waals surface area contributed by atoms with Gasteiger partial charge in [-0.15, -0.1) is 11.3 Å². The van der Waals surface area contributed by atoms with Gasteiger partial charge in [0, 0.05) is 35.9 Å². The first kappa shape index (κ1) is 13.4. The summed E-state index contributed by atoms with van der Waals surface area (Å²) in [5.74, 6) is 0.101. The molecule has 6 heteroatoms. The van der Waals surface area contributed by atoms with Gasteiger partial charge in [-0.2, -0.15) is 0 Å². The summed E-state index contributed by atoms with van der Waals surface area (Å²) in [6, 6.07) is 6.12. The van der Waals surface area contributed by atoms with Crippen LogP contribution in [0.15, 0.2) is 24.4 Å². The van der Waals surface area contributed by atoms with Gasteiger partial charge in [-0.3, -0.25) is 4.79 Å². The van der Waals surface area contributed by atoms with E-state index in [0.717, 1.165) is 29.2 Å². The number of aromatic nitrogens is 1. The Balaban J connectivity index is 1.72. The Bertz CT molecular complexity index is 656. The van der Waals surface area contributed by atoms with Gasteiger partial charge in [0.25, 0.3) is 0 Å². The Morgan fingerprint density at radius 2 is 2.40 bits per heavy atom. The van der Waals surface area contributed by atoms with E-state index in [1.807, 2.05) is 17.0 Å². The lowest BCUT2D eigenvalue weighted by atomic mass is 10.1. The fraction of sp³-hybridized carbons (Fsp3) is 0.286. The van der Waals surface area contributed by atoms with Gasteiger partial charge in [0.1, 0.15) is 0 Å². The standard InChI is InChI=1S/C14H14ClN3OS/c1-9(19)18-5-4-10-6-11(2-3-13(10)18)16-7-12-8-17-14(15)20-12/h2-3,6,8,16H,4-5,7H2,1H3. The van der Waals surface area contributed by atoms with Crippen molar-refractivity contribution in [1.82, 2.24) is 4.98 Å². The van der Waals surface area contributed by atoms with E-state index in [4.69, 9.17) is 11.6 Å². The van der Waals surface area contributed by atoms with Crippen LogP contribution in [0.5, 0.6) is 0 Å². The summed E-state index contributed by atoms with van der Waals surface area (Å²) < 4.78 is 0.563. The van der Waals surface area contributed by atoms with E-state index in [-0.39, 0.29) is 5.91 Å². The maximum atomic E-state index is 11.5. The van der Waals surface area contributed by atoms with Gasteiger partial charge in [-0.1, -0.05) is 11.6 Å². The molecule has 0 unspecified atom stereocenters. The highest BCUT2D eigenvalue weighted by molar-refractivity contribution is 7.15. The molecule has 0 saturated heterocycles. The molecule has 1 aliphatic heterocycles. The Hall–Kier alpha value is -1.59. The largest absolute Gasteiger partial charge is 0.380 e. The smallest absolute Gasteiger partial charge is 0.223 e. The Morgan fingerprint density at radius 1 is 1.55 bits per heavy atom. The minimum Gasteiger partial charge on any atom is -0.380 e. The van der Waals surface area contributed by atoms with Crippen LogP contribution in [0.3, 0.4) is 0 Å². The third kappa shape index (κ3) is 2.64. The highest BCUT2D eigenvalue weighted by Crippen LogP contribution is 2.30. The summed E-state index contributed by atoms with van der Waals surface area (Å²) in [7, 11) is 0. The number of anilines is 2. The van der Waals surface area contributed by atoms with Gasteiger partial charge in [0.15, 0.2) is 4.47 Å². The lowest BCUT2D eigenvalue weighted by molar-refractivity contribution is -0.116. The van der Waals surface area contributed by atoms with Gasteiger partial charge in [0.2, 0.25) is 5.91 Å². The Kier molecular flexibility index (Phi) is 3.63. The van der Waals surface area contributed by atoms with Crippen molar-refractivity contribution in [2.75, 3.05) is 16.8 Å². The average Bonchev–Trinajstić information content (AvgIpc) is 3.01. The maximum absolute atomic E-state index is 11.5. The van der Waals surface area contributed by atoms with E-state index in [1.165, 1.54) is 16.9 Å². The van der Waals surface area contributed by atoms with Crippen LogP contribution < -0.4 is 10.2 Å². The molecule has 0 atom stereocenters. The molecule has 4 nitrogen and oxygen atoms in total. The molecule has 0 saturated carbocycles. The summed E-state index contributed by atoms with van der Waals surface area (Å²) in [4.78, 5) is 18.4. The molecule has 1 amide bonds. The van der Waals surface area contributed by atoms with Gasteiger partial charge in [-0.05, 0) is 30.2 Å². The van der Waals surface area contributed by atoms with E-state index >= 15 is 0 Å². The fourth-order valence-corrected chi connectivity index (χ4v) is 3.31. The summed E-state index contributed by atoms with van der Waals surface area (Å²) in [6.45, 7) is 3.09. The molecule has 0 aliphatic carbocycles. The van der Waals surface area contributed by atoms with Crippen LogP contribution in [0.25, 0.3) is 0 Å². The van der Waals surface area contributed by atoms with Crippen molar-refractivity contribution >= 4 is 40.2 Å². The number of rotatable bonds is 3. The molecule has 1 aromatic carbocycles. The molecule has 0 radical (unpaired) electrons. The fourth-order valence-electron chi connectivity index (χ4n) is 2.39. The number of carbonyl (C=O) groups excluding carboxylic acids is 1.